The first-order valence-corrected chi connectivity index (χ1v) is 7.17. The maximum Gasteiger partial charge on any atom is 0.0948 e. The van der Waals surface area contributed by atoms with E-state index in [1.54, 1.807) is 11.3 Å². The highest BCUT2D eigenvalue weighted by Gasteiger charge is 2.32. The molecule has 0 radical (unpaired) electrons. The van der Waals surface area contributed by atoms with Gasteiger partial charge in [0.15, 0.2) is 0 Å². The average Bonchev–Trinajstić information content (AvgIpc) is 2.57. The van der Waals surface area contributed by atoms with Crippen molar-refractivity contribution in [3.8, 4) is 0 Å². The minimum atomic E-state index is -0.500. The summed E-state index contributed by atoms with van der Waals surface area (Å²) in [6.07, 6.45) is 0.359. The van der Waals surface area contributed by atoms with Crippen LogP contribution in [0.1, 0.15) is 31.2 Å². The lowest BCUT2D eigenvalue weighted by Gasteiger charge is -2.31. The molecule has 0 saturated carbocycles. The second-order valence-corrected chi connectivity index (χ2v) is 7.14. The zero-order valence-corrected chi connectivity index (χ0v) is 12.7. The number of hydrogen-bond donors (Lipinski definition) is 2. The van der Waals surface area contributed by atoms with E-state index >= 15 is 0 Å². The van der Waals surface area contributed by atoms with E-state index in [2.05, 4.69) is 31.9 Å². The second kappa shape index (κ2) is 5.27. The van der Waals surface area contributed by atoms with Crippen LogP contribution in [0.25, 0.3) is 0 Å². The van der Waals surface area contributed by atoms with E-state index in [9.17, 15) is 5.11 Å². The van der Waals surface area contributed by atoms with Crippen LogP contribution in [0.2, 0.25) is 0 Å². The summed E-state index contributed by atoms with van der Waals surface area (Å²) in [4.78, 5) is 0.948. The maximum atomic E-state index is 10.3. The molecule has 0 fully saturated rings. The van der Waals surface area contributed by atoms with Gasteiger partial charge in [-0.15, -0.1) is 11.3 Å². The molecule has 2 nitrogen and oxygen atoms in total. The smallest absolute Gasteiger partial charge is 0.0948 e. The fourth-order valence-corrected chi connectivity index (χ4v) is 3.54. The second-order valence-electron chi connectivity index (χ2n) is 3.88. The van der Waals surface area contributed by atoms with E-state index in [1.165, 1.54) is 0 Å². The number of nitrogens with two attached hydrogens (primary N) is 1. The Morgan fingerprint density at radius 2 is 2.20 bits per heavy atom. The molecule has 1 heterocycles. The zero-order chi connectivity index (χ0) is 11.6. The van der Waals surface area contributed by atoms with Crippen molar-refractivity contribution in [2.75, 3.05) is 6.54 Å². The zero-order valence-electron chi connectivity index (χ0n) is 8.76. The van der Waals surface area contributed by atoms with Crippen LogP contribution in [-0.2, 0) is 0 Å². The highest BCUT2D eigenvalue weighted by atomic mass is 79.9. The Labute approximate surface area is 111 Å². The highest BCUT2D eigenvalue weighted by Crippen LogP contribution is 2.42. The van der Waals surface area contributed by atoms with E-state index in [-0.39, 0.29) is 5.41 Å². The van der Waals surface area contributed by atoms with Crippen LogP contribution in [0.3, 0.4) is 0 Å². The van der Waals surface area contributed by atoms with Crippen LogP contribution in [0.5, 0.6) is 0 Å². The van der Waals surface area contributed by atoms with Crippen molar-refractivity contribution >= 4 is 43.2 Å². The van der Waals surface area contributed by atoms with Crippen molar-refractivity contribution in [2.45, 2.75) is 26.4 Å². The molecule has 0 aliphatic rings. The lowest BCUT2D eigenvalue weighted by Crippen LogP contribution is -2.32. The molecule has 86 valence electrons. The van der Waals surface area contributed by atoms with E-state index in [4.69, 9.17) is 5.73 Å². The fourth-order valence-electron chi connectivity index (χ4n) is 1.29. The molecular weight excluding hydrogens is 342 g/mol. The minimum absolute atomic E-state index is 0.246. The predicted octanol–water partition coefficient (Wildman–Crippen LogP) is 3.68. The van der Waals surface area contributed by atoms with Crippen LogP contribution >= 0.6 is 43.2 Å². The van der Waals surface area contributed by atoms with Gasteiger partial charge in [0, 0.05) is 21.3 Å². The fraction of sp³-hybridized carbons (Fsp3) is 0.600. The highest BCUT2D eigenvalue weighted by molar-refractivity contribution is 9.13. The van der Waals surface area contributed by atoms with Gasteiger partial charge >= 0.3 is 0 Å². The third-order valence-electron chi connectivity index (χ3n) is 2.87. The van der Waals surface area contributed by atoms with Crippen LogP contribution in [0.4, 0.5) is 0 Å². The van der Waals surface area contributed by atoms with E-state index in [0.717, 1.165) is 19.6 Å². The summed E-state index contributed by atoms with van der Waals surface area (Å²) in [5.41, 5.74) is 5.48. The van der Waals surface area contributed by atoms with Gasteiger partial charge in [0.2, 0.25) is 0 Å². The normalized spacial score (nSPS) is 17.5. The number of thiophene rings is 1. The SMILES string of the molecule is CCC(C)(CN)C(O)c1cc(Br)c(Br)s1. The maximum absolute atomic E-state index is 10.3. The van der Waals surface area contributed by atoms with Crippen LogP contribution in [-0.4, -0.2) is 11.7 Å². The van der Waals surface area contributed by atoms with Crippen LogP contribution < -0.4 is 5.73 Å². The van der Waals surface area contributed by atoms with Gasteiger partial charge in [0.1, 0.15) is 0 Å². The average molecular weight is 357 g/mol. The van der Waals surface area contributed by atoms with Gasteiger partial charge in [0.25, 0.3) is 0 Å². The molecule has 3 N–H and O–H groups in total. The van der Waals surface area contributed by atoms with Crippen molar-refractivity contribution in [3.05, 3.63) is 19.2 Å². The first-order chi connectivity index (χ1) is 6.94. The molecule has 0 saturated heterocycles. The van der Waals surface area contributed by atoms with Crippen molar-refractivity contribution < 1.29 is 5.11 Å². The Balaban J connectivity index is 2.97. The molecule has 0 aliphatic heterocycles. The molecule has 0 aromatic carbocycles. The number of hydrogen-bond acceptors (Lipinski definition) is 3. The molecule has 0 spiro atoms. The Hall–Kier alpha value is 0.580. The molecule has 5 heteroatoms. The topological polar surface area (TPSA) is 46.2 Å². The number of halogens is 2. The Kier molecular flexibility index (Phi) is 4.80. The summed E-state index contributed by atoms with van der Waals surface area (Å²) in [5.74, 6) is 0. The van der Waals surface area contributed by atoms with E-state index in [0.29, 0.717) is 6.54 Å². The van der Waals surface area contributed by atoms with Gasteiger partial charge in [-0.2, -0.15) is 0 Å². The number of aliphatic hydroxyl groups excluding tert-OH is 1. The van der Waals surface area contributed by atoms with Gasteiger partial charge in [-0.1, -0.05) is 13.8 Å². The molecule has 2 unspecified atom stereocenters. The monoisotopic (exact) mass is 355 g/mol. The lowest BCUT2D eigenvalue weighted by atomic mass is 9.81. The minimum Gasteiger partial charge on any atom is -0.387 e. The predicted molar refractivity (Wildman–Crippen MR) is 72.1 cm³/mol. The summed E-state index contributed by atoms with van der Waals surface area (Å²) < 4.78 is 1.99. The third-order valence-corrected chi connectivity index (χ3v) is 6.18. The molecule has 1 rings (SSSR count). The van der Waals surface area contributed by atoms with E-state index < -0.39 is 6.10 Å². The number of rotatable bonds is 4. The third kappa shape index (κ3) is 2.82. The Morgan fingerprint density at radius 3 is 2.53 bits per heavy atom. The van der Waals surface area contributed by atoms with Gasteiger partial charge < -0.3 is 10.8 Å². The molecular formula is C10H15Br2NOS. The van der Waals surface area contributed by atoms with Gasteiger partial charge in [-0.3, -0.25) is 0 Å². The molecule has 0 amide bonds. The van der Waals surface area contributed by atoms with Crippen molar-refractivity contribution in [1.29, 1.82) is 0 Å². The summed E-state index contributed by atoms with van der Waals surface area (Å²) in [6, 6.07) is 1.95. The molecule has 0 bridgehead atoms. The number of aliphatic hydroxyl groups is 1. The van der Waals surface area contributed by atoms with Gasteiger partial charge in [0.05, 0.1) is 9.89 Å². The Bertz CT molecular complexity index is 317. The van der Waals surface area contributed by atoms with Crippen molar-refractivity contribution in [3.63, 3.8) is 0 Å². The first kappa shape index (κ1) is 13.6. The summed E-state index contributed by atoms with van der Waals surface area (Å²) in [7, 11) is 0. The molecule has 15 heavy (non-hydrogen) atoms. The van der Waals surface area contributed by atoms with Crippen molar-refractivity contribution in [2.24, 2.45) is 11.1 Å². The molecule has 2 atom stereocenters. The first-order valence-electron chi connectivity index (χ1n) is 4.77. The van der Waals surface area contributed by atoms with Gasteiger partial charge in [-0.05, 0) is 44.3 Å². The summed E-state index contributed by atoms with van der Waals surface area (Å²) >= 11 is 8.38. The summed E-state index contributed by atoms with van der Waals surface area (Å²) in [6.45, 7) is 4.55. The van der Waals surface area contributed by atoms with Gasteiger partial charge in [-0.25, -0.2) is 0 Å². The molecule has 1 aromatic rings. The standard InChI is InChI=1S/C10H15Br2NOS/c1-3-10(2,5-13)8(14)7-4-6(11)9(12)15-7/h4,8,14H,3,5,13H2,1-2H3. The largest absolute Gasteiger partial charge is 0.387 e. The molecule has 0 aliphatic carbocycles. The summed E-state index contributed by atoms with van der Waals surface area (Å²) in [5, 5.41) is 10.3. The lowest BCUT2D eigenvalue weighted by molar-refractivity contribution is 0.0420. The van der Waals surface area contributed by atoms with Crippen LogP contribution in [0.15, 0.2) is 14.3 Å². The Morgan fingerprint density at radius 1 is 1.60 bits per heavy atom. The van der Waals surface area contributed by atoms with E-state index in [1.807, 2.05) is 19.9 Å². The quantitative estimate of drug-likeness (QED) is 0.864. The van der Waals surface area contributed by atoms with Crippen LogP contribution in [0, 0.1) is 5.41 Å². The molecule has 1 aromatic heterocycles. The van der Waals surface area contributed by atoms with Crippen molar-refractivity contribution in [1.82, 2.24) is 0 Å².